The molecule has 1 amide bonds. The molecule has 0 aliphatic carbocycles. The van der Waals surface area contributed by atoms with Gasteiger partial charge in [-0.15, -0.1) is 0 Å². The van der Waals surface area contributed by atoms with Gasteiger partial charge in [-0.25, -0.2) is 5.84 Å². The molecule has 1 rings (SSSR count). The summed E-state index contributed by atoms with van der Waals surface area (Å²) in [6, 6.07) is 9.24. The van der Waals surface area contributed by atoms with Gasteiger partial charge < -0.3 is 4.74 Å². The molecule has 92 valence electrons. The number of benzene rings is 1. The Kier molecular flexibility index (Phi) is 4.23. The van der Waals surface area contributed by atoms with E-state index in [4.69, 9.17) is 10.6 Å². The molecule has 0 heterocycles. The summed E-state index contributed by atoms with van der Waals surface area (Å²) in [5.41, 5.74) is 1.52. The smallest absolute Gasteiger partial charge is 0.321 e. The van der Waals surface area contributed by atoms with Crippen LogP contribution in [0.4, 0.5) is 0 Å². The maximum Gasteiger partial charge on any atom is 0.321 e. The van der Waals surface area contributed by atoms with E-state index in [9.17, 15) is 9.59 Å². The number of carbonyl (C=O) groups is 2. The fraction of sp³-hybridized carbons (Fsp3) is 0.333. The van der Waals surface area contributed by atoms with Gasteiger partial charge in [0.25, 0.3) is 5.91 Å². The highest BCUT2D eigenvalue weighted by Gasteiger charge is 2.37. The Balaban J connectivity index is 2.58. The molecule has 0 aromatic heterocycles. The van der Waals surface area contributed by atoms with E-state index in [1.54, 1.807) is 0 Å². The van der Waals surface area contributed by atoms with Crippen LogP contribution >= 0.6 is 0 Å². The molecule has 3 N–H and O–H groups in total. The number of carbonyl (C=O) groups excluding carboxylic acids is 2. The van der Waals surface area contributed by atoms with E-state index in [1.165, 1.54) is 13.8 Å². The van der Waals surface area contributed by atoms with Crippen molar-refractivity contribution in [3.05, 3.63) is 35.9 Å². The molecule has 0 saturated heterocycles. The summed E-state index contributed by atoms with van der Waals surface area (Å²) in [7, 11) is 0. The Hall–Kier alpha value is -1.88. The van der Waals surface area contributed by atoms with Crippen molar-refractivity contribution in [2.24, 2.45) is 11.3 Å². The number of nitrogens with two attached hydrogens (primary N) is 1. The fourth-order valence-corrected chi connectivity index (χ4v) is 1.18. The van der Waals surface area contributed by atoms with E-state index >= 15 is 0 Å². The lowest BCUT2D eigenvalue weighted by molar-refractivity contribution is -0.160. The number of nitrogens with one attached hydrogen (secondary N) is 1. The van der Waals surface area contributed by atoms with Crippen molar-refractivity contribution in [2.45, 2.75) is 20.5 Å². The third-order valence-electron chi connectivity index (χ3n) is 2.42. The minimum atomic E-state index is -1.29. The van der Waals surface area contributed by atoms with Crippen LogP contribution in [0, 0.1) is 5.41 Å². The van der Waals surface area contributed by atoms with Crippen LogP contribution < -0.4 is 11.3 Å². The van der Waals surface area contributed by atoms with Crippen molar-refractivity contribution in [3.63, 3.8) is 0 Å². The first-order chi connectivity index (χ1) is 7.98. The van der Waals surface area contributed by atoms with Crippen molar-refractivity contribution in [2.75, 3.05) is 0 Å². The van der Waals surface area contributed by atoms with Gasteiger partial charge in [0.1, 0.15) is 12.0 Å². The van der Waals surface area contributed by atoms with Gasteiger partial charge in [-0.1, -0.05) is 30.3 Å². The Bertz CT molecular complexity index is 401. The van der Waals surface area contributed by atoms with Crippen LogP contribution in [0.3, 0.4) is 0 Å². The second-order valence-electron chi connectivity index (χ2n) is 4.16. The molecule has 0 radical (unpaired) electrons. The lowest BCUT2D eigenvalue weighted by atomic mass is 9.93. The first-order valence-corrected chi connectivity index (χ1v) is 5.20. The third-order valence-corrected chi connectivity index (χ3v) is 2.42. The summed E-state index contributed by atoms with van der Waals surface area (Å²) in [4.78, 5) is 23.0. The van der Waals surface area contributed by atoms with Crippen LogP contribution in [0.1, 0.15) is 19.4 Å². The first kappa shape index (κ1) is 13.2. The van der Waals surface area contributed by atoms with Crippen molar-refractivity contribution >= 4 is 11.9 Å². The van der Waals surface area contributed by atoms with Gasteiger partial charge in [0, 0.05) is 0 Å². The number of hydrogen-bond donors (Lipinski definition) is 2. The molecule has 5 nitrogen and oxygen atoms in total. The van der Waals surface area contributed by atoms with E-state index in [-0.39, 0.29) is 6.61 Å². The highest BCUT2D eigenvalue weighted by Crippen LogP contribution is 2.18. The molecule has 1 aromatic rings. The minimum absolute atomic E-state index is 0.140. The zero-order valence-corrected chi connectivity index (χ0v) is 9.90. The van der Waals surface area contributed by atoms with Gasteiger partial charge in [-0.3, -0.25) is 15.0 Å². The zero-order valence-electron chi connectivity index (χ0n) is 9.90. The number of hydrazine groups is 1. The van der Waals surface area contributed by atoms with Gasteiger partial charge in [0.15, 0.2) is 0 Å². The first-order valence-electron chi connectivity index (χ1n) is 5.20. The van der Waals surface area contributed by atoms with Crippen molar-refractivity contribution < 1.29 is 14.3 Å². The zero-order chi connectivity index (χ0) is 12.9. The number of ether oxygens (including phenoxy) is 1. The minimum Gasteiger partial charge on any atom is -0.460 e. The normalized spacial score (nSPS) is 10.8. The summed E-state index contributed by atoms with van der Waals surface area (Å²) in [5, 5.41) is 0. The second kappa shape index (κ2) is 5.45. The second-order valence-corrected chi connectivity index (χ2v) is 4.16. The summed E-state index contributed by atoms with van der Waals surface area (Å²) in [6.45, 7) is 3.06. The Morgan fingerprint density at radius 2 is 1.88 bits per heavy atom. The molecule has 5 heteroatoms. The third kappa shape index (κ3) is 3.29. The molecule has 0 saturated carbocycles. The van der Waals surface area contributed by atoms with Crippen molar-refractivity contribution in [3.8, 4) is 0 Å². The summed E-state index contributed by atoms with van der Waals surface area (Å²) in [5.74, 6) is 3.82. The maximum absolute atomic E-state index is 11.7. The monoisotopic (exact) mass is 236 g/mol. The molecule has 0 aliphatic heterocycles. The van der Waals surface area contributed by atoms with Crippen LogP contribution in [-0.2, 0) is 20.9 Å². The van der Waals surface area contributed by atoms with Crippen LogP contribution in [-0.4, -0.2) is 11.9 Å². The largest absolute Gasteiger partial charge is 0.460 e. The van der Waals surface area contributed by atoms with E-state index < -0.39 is 17.3 Å². The molecule has 0 spiro atoms. The standard InChI is InChI=1S/C12H16N2O3/c1-12(2,10(15)14-13)11(16)17-8-9-6-4-3-5-7-9/h3-7H,8,13H2,1-2H3,(H,14,15). The molecule has 0 atom stereocenters. The van der Waals surface area contributed by atoms with Gasteiger partial charge in [0.2, 0.25) is 0 Å². The molecule has 0 aliphatic rings. The van der Waals surface area contributed by atoms with E-state index in [2.05, 4.69) is 0 Å². The molecule has 0 unspecified atom stereocenters. The Morgan fingerprint density at radius 1 is 1.29 bits per heavy atom. The lowest BCUT2D eigenvalue weighted by Gasteiger charge is -2.20. The Labute approximate surface area is 99.9 Å². The molecular formula is C12H16N2O3. The SMILES string of the molecule is CC(C)(C(=O)NN)C(=O)OCc1ccccc1. The van der Waals surface area contributed by atoms with Crippen molar-refractivity contribution in [1.82, 2.24) is 5.43 Å². The summed E-state index contributed by atoms with van der Waals surface area (Å²) < 4.78 is 5.06. The van der Waals surface area contributed by atoms with E-state index in [0.29, 0.717) is 0 Å². The highest BCUT2D eigenvalue weighted by molar-refractivity contribution is 6.01. The van der Waals surface area contributed by atoms with Crippen LogP contribution in [0.5, 0.6) is 0 Å². The number of esters is 1. The van der Waals surface area contributed by atoms with Gasteiger partial charge >= 0.3 is 5.97 Å². The maximum atomic E-state index is 11.7. The topological polar surface area (TPSA) is 81.4 Å². The average Bonchev–Trinajstić information content (AvgIpc) is 2.35. The predicted molar refractivity (Wildman–Crippen MR) is 62.3 cm³/mol. The molecule has 0 fully saturated rings. The molecule has 1 aromatic carbocycles. The van der Waals surface area contributed by atoms with Crippen LogP contribution in [0.15, 0.2) is 30.3 Å². The highest BCUT2D eigenvalue weighted by atomic mass is 16.5. The number of rotatable bonds is 4. The molecule has 0 bridgehead atoms. The van der Waals surface area contributed by atoms with E-state index in [0.717, 1.165) is 5.56 Å². The molecular weight excluding hydrogens is 220 g/mol. The van der Waals surface area contributed by atoms with Gasteiger partial charge in [-0.05, 0) is 19.4 Å². The van der Waals surface area contributed by atoms with Crippen LogP contribution in [0.2, 0.25) is 0 Å². The Morgan fingerprint density at radius 3 is 2.41 bits per heavy atom. The lowest BCUT2D eigenvalue weighted by Crippen LogP contribution is -2.46. The van der Waals surface area contributed by atoms with E-state index in [1.807, 2.05) is 35.8 Å². The number of hydrogen-bond acceptors (Lipinski definition) is 4. The van der Waals surface area contributed by atoms with Gasteiger partial charge in [0.05, 0.1) is 0 Å². The summed E-state index contributed by atoms with van der Waals surface area (Å²) in [6.07, 6.45) is 0. The fourth-order valence-electron chi connectivity index (χ4n) is 1.18. The predicted octanol–water partition coefficient (Wildman–Crippen LogP) is 0.746. The van der Waals surface area contributed by atoms with Crippen molar-refractivity contribution in [1.29, 1.82) is 0 Å². The molecule has 17 heavy (non-hydrogen) atoms. The average molecular weight is 236 g/mol. The summed E-state index contributed by atoms with van der Waals surface area (Å²) >= 11 is 0. The van der Waals surface area contributed by atoms with Crippen LogP contribution in [0.25, 0.3) is 0 Å². The van der Waals surface area contributed by atoms with Gasteiger partial charge in [-0.2, -0.15) is 0 Å². The number of amides is 1. The quantitative estimate of drug-likeness (QED) is 0.266.